The average molecular weight is 444 g/mol. The van der Waals surface area contributed by atoms with Gasteiger partial charge in [0.15, 0.2) is 0 Å². The summed E-state index contributed by atoms with van der Waals surface area (Å²) in [6, 6.07) is 3.86. The van der Waals surface area contributed by atoms with Crippen molar-refractivity contribution in [2.75, 3.05) is 13.4 Å². The van der Waals surface area contributed by atoms with E-state index in [0.29, 0.717) is 32.3 Å². The molecule has 0 N–H and O–H groups in total. The zero-order valence-electron chi connectivity index (χ0n) is 16.1. The first-order valence-electron chi connectivity index (χ1n) is 9.31. The van der Waals surface area contributed by atoms with E-state index in [1.54, 1.807) is 0 Å². The van der Waals surface area contributed by atoms with E-state index >= 15 is 0 Å². The summed E-state index contributed by atoms with van der Waals surface area (Å²) < 4.78 is 95.4. The lowest BCUT2D eigenvalue weighted by atomic mass is 9.87. The third kappa shape index (κ3) is 7.05. The molecule has 0 heterocycles. The zero-order valence-corrected chi connectivity index (χ0v) is 16.1. The van der Waals surface area contributed by atoms with Gasteiger partial charge < -0.3 is 18.9 Å². The predicted octanol–water partition coefficient (Wildman–Crippen LogP) is 5.03. The van der Waals surface area contributed by atoms with E-state index in [0.717, 1.165) is 24.3 Å². The smallest absolute Gasteiger partial charge is 0.430 e. The summed E-state index contributed by atoms with van der Waals surface area (Å²) in [6.45, 7) is 2.58. The van der Waals surface area contributed by atoms with Crippen LogP contribution in [0.5, 0.6) is 11.5 Å². The summed E-state index contributed by atoms with van der Waals surface area (Å²) in [7, 11) is 0. The second kappa shape index (κ2) is 10.3. The van der Waals surface area contributed by atoms with E-state index in [-0.39, 0.29) is 24.6 Å². The third-order valence-corrected chi connectivity index (χ3v) is 4.48. The van der Waals surface area contributed by atoms with Crippen molar-refractivity contribution >= 4 is 5.97 Å². The minimum Gasteiger partial charge on any atom is -0.430 e. The predicted molar refractivity (Wildman–Crippen MR) is 91.9 cm³/mol. The number of carbonyl (C=O) groups is 1. The molecule has 11 heteroatoms. The first kappa shape index (κ1) is 24.3. The standard InChI is InChI=1S/C19H22F6O5/c1-2-27-11-28-13-5-3-12(4-6-13)16(26)29-14-7-9-15(10-8-14)30-19(24,25)17(20)18(21,22)23/h7-10,12-13,17H,2-6,11H2,1H3. The Morgan fingerprint density at radius 3 is 2.13 bits per heavy atom. The van der Waals surface area contributed by atoms with Gasteiger partial charge in [-0.25, -0.2) is 4.39 Å². The minimum absolute atomic E-state index is 0.00185. The molecule has 1 saturated carbocycles. The normalized spacial score (nSPS) is 21.2. The summed E-state index contributed by atoms with van der Waals surface area (Å²) in [5.41, 5.74) is 0. The largest absolute Gasteiger partial charge is 0.439 e. The molecule has 0 spiro atoms. The van der Waals surface area contributed by atoms with Crippen LogP contribution < -0.4 is 9.47 Å². The van der Waals surface area contributed by atoms with Gasteiger partial charge in [-0.2, -0.15) is 22.0 Å². The highest BCUT2D eigenvalue weighted by Crippen LogP contribution is 2.37. The fourth-order valence-corrected chi connectivity index (χ4v) is 2.87. The van der Waals surface area contributed by atoms with Crippen LogP contribution in [-0.4, -0.2) is 43.9 Å². The number of halogens is 6. The number of esters is 1. The number of carbonyl (C=O) groups excluding carboxylic acids is 1. The third-order valence-electron chi connectivity index (χ3n) is 4.48. The molecule has 0 amide bonds. The monoisotopic (exact) mass is 444 g/mol. The zero-order chi connectivity index (χ0) is 22.4. The molecule has 1 aromatic carbocycles. The fraction of sp³-hybridized carbons (Fsp3) is 0.632. The Kier molecular flexibility index (Phi) is 8.36. The van der Waals surface area contributed by atoms with Crippen LogP contribution in [0.15, 0.2) is 24.3 Å². The van der Waals surface area contributed by atoms with Crippen molar-refractivity contribution in [2.24, 2.45) is 5.92 Å². The van der Waals surface area contributed by atoms with E-state index in [9.17, 15) is 31.1 Å². The molecule has 0 aromatic heterocycles. The maximum absolute atomic E-state index is 13.3. The molecule has 1 aliphatic rings. The van der Waals surface area contributed by atoms with Crippen molar-refractivity contribution < 1.29 is 50.1 Å². The molecule has 1 unspecified atom stereocenters. The molecular weight excluding hydrogens is 422 g/mol. The highest BCUT2D eigenvalue weighted by molar-refractivity contribution is 5.75. The van der Waals surface area contributed by atoms with Crippen molar-refractivity contribution in [2.45, 2.75) is 57.2 Å². The summed E-state index contributed by atoms with van der Waals surface area (Å²) >= 11 is 0. The lowest BCUT2D eigenvalue weighted by molar-refractivity contribution is -0.305. The molecule has 1 aromatic rings. The number of hydrogen-bond acceptors (Lipinski definition) is 5. The average Bonchev–Trinajstić information content (AvgIpc) is 2.68. The first-order chi connectivity index (χ1) is 14.0. The molecule has 0 saturated heterocycles. The Hall–Kier alpha value is -2.01. The molecule has 1 fully saturated rings. The lowest BCUT2D eigenvalue weighted by Crippen LogP contribution is -2.45. The van der Waals surface area contributed by atoms with Gasteiger partial charge in [-0.3, -0.25) is 4.79 Å². The topological polar surface area (TPSA) is 54.0 Å². The fourth-order valence-electron chi connectivity index (χ4n) is 2.87. The van der Waals surface area contributed by atoms with Gasteiger partial charge in [0.25, 0.3) is 6.17 Å². The number of ether oxygens (including phenoxy) is 4. The van der Waals surface area contributed by atoms with Crippen molar-refractivity contribution in [1.82, 2.24) is 0 Å². The van der Waals surface area contributed by atoms with Crippen LogP contribution >= 0.6 is 0 Å². The second-order valence-electron chi connectivity index (χ2n) is 6.71. The molecule has 2 rings (SSSR count). The van der Waals surface area contributed by atoms with Gasteiger partial charge >= 0.3 is 18.3 Å². The van der Waals surface area contributed by atoms with Crippen LogP contribution in [0.2, 0.25) is 0 Å². The summed E-state index contributed by atoms with van der Waals surface area (Å²) in [5, 5.41) is 0. The molecule has 5 nitrogen and oxygen atoms in total. The van der Waals surface area contributed by atoms with Crippen molar-refractivity contribution in [3.8, 4) is 11.5 Å². The molecule has 1 atom stereocenters. The Morgan fingerprint density at radius 2 is 1.60 bits per heavy atom. The maximum atomic E-state index is 13.3. The van der Waals surface area contributed by atoms with E-state index in [1.165, 1.54) is 0 Å². The summed E-state index contributed by atoms with van der Waals surface area (Å²) in [4.78, 5) is 12.2. The van der Waals surface area contributed by atoms with Gasteiger partial charge in [0.2, 0.25) is 0 Å². The van der Waals surface area contributed by atoms with E-state index in [1.807, 2.05) is 6.92 Å². The number of alkyl halides is 6. The van der Waals surface area contributed by atoms with Crippen LogP contribution in [0.25, 0.3) is 0 Å². The number of hydrogen-bond donors (Lipinski definition) is 0. The van der Waals surface area contributed by atoms with Crippen molar-refractivity contribution in [3.05, 3.63) is 24.3 Å². The number of benzene rings is 1. The Morgan fingerprint density at radius 1 is 1.03 bits per heavy atom. The molecule has 30 heavy (non-hydrogen) atoms. The second-order valence-corrected chi connectivity index (χ2v) is 6.71. The molecule has 0 aliphatic heterocycles. The van der Waals surface area contributed by atoms with E-state index < -0.39 is 30.2 Å². The van der Waals surface area contributed by atoms with Crippen molar-refractivity contribution in [3.63, 3.8) is 0 Å². The number of rotatable bonds is 9. The van der Waals surface area contributed by atoms with Gasteiger partial charge in [0.05, 0.1) is 12.0 Å². The van der Waals surface area contributed by atoms with Gasteiger partial charge in [-0.1, -0.05) is 0 Å². The van der Waals surface area contributed by atoms with Crippen LogP contribution in [-0.2, 0) is 14.3 Å². The first-order valence-corrected chi connectivity index (χ1v) is 9.31. The Bertz CT molecular complexity index is 671. The SMILES string of the molecule is CCOCOC1CCC(C(=O)Oc2ccc(OC(F)(F)C(F)C(F)(F)F)cc2)CC1. The van der Waals surface area contributed by atoms with Crippen LogP contribution in [0.3, 0.4) is 0 Å². The van der Waals surface area contributed by atoms with Gasteiger partial charge in [-0.15, -0.1) is 0 Å². The van der Waals surface area contributed by atoms with E-state index in [4.69, 9.17) is 14.2 Å². The maximum Gasteiger partial charge on any atom is 0.439 e. The summed E-state index contributed by atoms with van der Waals surface area (Å²) in [6.07, 6.45) is -13.0. The molecular formula is C19H22F6O5. The summed E-state index contributed by atoms with van der Waals surface area (Å²) in [5.74, 6) is -1.59. The lowest BCUT2D eigenvalue weighted by Gasteiger charge is -2.27. The molecule has 1 aliphatic carbocycles. The Labute approximate surface area is 169 Å². The van der Waals surface area contributed by atoms with Crippen LogP contribution in [0.1, 0.15) is 32.6 Å². The minimum atomic E-state index is -5.77. The highest BCUT2D eigenvalue weighted by Gasteiger charge is 2.59. The quantitative estimate of drug-likeness (QED) is 0.176. The Balaban J connectivity index is 1.84. The highest BCUT2D eigenvalue weighted by atomic mass is 19.4. The molecule has 170 valence electrons. The molecule has 0 bridgehead atoms. The van der Waals surface area contributed by atoms with Crippen LogP contribution in [0.4, 0.5) is 26.3 Å². The van der Waals surface area contributed by atoms with Crippen molar-refractivity contribution in [1.29, 1.82) is 0 Å². The van der Waals surface area contributed by atoms with Gasteiger partial charge in [0, 0.05) is 6.61 Å². The van der Waals surface area contributed by atoms with Crippen LogP contribution in [0, 0.1) is 5.92 Å². The van der Waals surface area contributed by atoms with Gasteiger partial charge in [0.1, 0.15) is 18.3 Å². The van der Waals surface area contributed by atoms with E-state index in [2.05, 4.69) is 4.74 Å². The molecule has 0 radical (unpaired) electrons. The van der Waals surface area contributed by atoms with Gasteiger partial charge in [-0.05, 0) is 56.9 Å².